The lowest BCUT2D eigenvalue weighted by Gasteiger charge is -2.36. The highest BCUT2D eigenvalue weighted by Crippen LogP contribution is 2.23. The van der Waals surface area contributed by atoms with E-state index in [1.165, 1.54) is 4.52 Å². The molecule has 11 heteroatoms. The summed E-state index contributed by atoms with van der Waals surface area (Å²) in [5.41, 5.74) is 8.50. The van der Waals surface area contributed by atoms with Gasteiger partial charge < -0.3 is 30.2 Å². The first kappa shape index (κ1) is 22.0. The van der Waals surface area contributed by atoms with Crippen molar-refractivity contribution < 1.29 is 14.3 Å². The Labute approximate surface area is 196 Å². The number of piperazine rings is 1. The summed E-state index contributed by atoms with van der Waals surface area (Å²) < 4.78 is 12.4. The lowest BCUT2D eigenvalue weighted by molar-refractivity contribution is 0.201. The van der Waals surface area contributed by atoms with Crippen molar-refractivity contribution >= 4 is 23.2 Å². The van der Waals surface area contributed by atoms with Crippen LogP contribution in [0.15, 0.2) is 53.1 Å². The number of aliphatic hydroxyl groups is 1. The number of rotatable bonds is 9. The van der Waals surface area contributed by atoms with E-state index < -0.39 is 0 Å². The summed E-state index contributed by atoms with van der Waals surface area (Å²) in [6.07, 6.45) is 1.60. The first-order valence-electron chi connectivity index (χ1n) is 11.3. The van der Waals surface area contributed by atoms with E-state index in [0.29, 0.717) is 36.2 Å². The number of fused-ring (bicyclic) bond motifs is 1. The van der Waals surface area contributed by atoms with Crippen molar-refractivity contribution in [3.05, 3.63) is 48.7 Å². The monoisotopic (exact) mass is 464 g/mol. The van der Waals surface area contributed by atoms with Crippen LogP contribution in [0.1, 0.15) is 0 Å². The molecule has 178 valence electrons. The molecule has 11 nitrogen and oxygen atoms in total. The minimum absolute atomic E-state index is 0.0108. The number of ether oxygens (including phenoxy) is 1. The van der Waals surface area contributed by atoms with Gasteiger partial charge in [-0.25, -0.2) is 0 Å². The third kappa shape index (κ3) is 4.90. The maximum atomic E-state index is 8.95. The van der Waals surface area contributed by atoms with E-state index in [1.807, 2.05) is 36.4 Å². The van der Waals surface area contributed by atoms with Gasteiger partial charge in [-0.2, -0.15) is 19.6 Å². The van der Waals surface area contributed by atoms with Crippen LogP contribution >= 0.6 is 0 Å². The molecular formula is C23H28N8O3. The van der Waals surface area contributed by atoms with Crippen molar-refractivity contribution in [1.82, 2.24) is 24.5 Å². The van der Waals surface area contributed by atoms with Crippen LogP contribution in [0.2, 0.25) is 0 Å². The van der Waals surface area contributed by atoms with Crippen molar-refractivity contribution in [2.75, 3.05) is 68.4 Å². The second-order valence-corrected chi connectivity index (χ2v) is 8.01. The van der Waals surface area contributed by atoms with E-state index in [0.717, 1.165) is 44.2 Å². The lowest BCUT2D eigenvalue weighted by Crippen LogP contribution is -2.47. The van der Waals surface area contributed by atoms with Crippen molar-refractivity contribution in [1.29, 1.82) is 0 Å². The predicted octanol–water partition coefficient (Wildman–Crippen LogP) is 1.57. The number of nitrogens with zero attached hydrogens (tertiary/aromatic N) is 6. The van der Waals surface area contributed by atoms with Gasteiger partial charge in [0, 0.05) is 57.1 Å². The van der Waals surface area contributed by atoms with Gasteiger partial charge >= 0.3 is 0 Å². The van der Waals surface area contributed by atoms with Gasteiger partial charge in [0.15, 0.2) is 11.4 Å². The van der Waals surface area contributed by atoms with E-state index in [-0.39, 0.29) is 12.6 Å². The van der Waals surface area contributed by atoms with Crippen LogP contribution in [0.5, 0.6) is 5.75 Å². The normalized spacial score (nSPS) is 14.6. The van der Waals surface area contributed by atoms with Gasteiger partial charge in [-0.15, -0.1) is 0 Å². The second-order valence-electron chi connectivity index (χ2n) is 8.01. The highest BCUT2D eigenvalue weighted by molar-refractivity contribution is 5.61. The average Bonchev–Trinajstić information content (AvgIpc) is 3.54. The zero-order chi connectivity index (χ0) is 23.3. The number of anilines is 3. The summed E-state index contributed by atoms with van der Waals surface area (Å²) in [4.78, 5) is 13.6. The molecule has 1 aromatic carbocycles. The molecule has 0 unspecified atom stereocenters. The lowest BCUT2D eigenvalue weighted by atomic mass is 10.2. The summed E-state index contributed by atoms with van der Waals surface area (Å²) in [6, 6.07) is 13.5. The molecule has 0 aliphatic carbocycles. The Balaban J connectivity index is 1.13. The van der Waals surface area contributed by atoms with E-state index in [1.54, 1.807) is 6.26 Å². The molecule has 4 heterocycles. The number of nitrogens with one attached hydrogen (secondary N) is 1. The molecular weight excluding hydrogens is 436 g/mol. The number of furan rings is 1. The number of aromatic nitrogens is 4. The Morgan fingerprint density at radius 1 is 1.09 bits per heavy atom. The van der Waals surface area contributed by atoms with Crippen LogP contribution in [-0.2, 0) is 0 Å². The van der Waals surface area contributed by atoms with Gasteiger partial charge in [-0.05, 0) is 24.3 Å². The minimum atomic E-state index is 0.0108. The summed E-state index contributed by atoms with van der Waals surface area (Å²) >= 11 is 0. The van der Waals surface area contributed by atoms with Gasteiger partial charge in [-0.3, -0.25) is 4.90 Å². The SMILES string of the molecule is Nc1nc(NCCN2CCN(c3cccc(OCCO)c3)CC2)nc2cc(-c3ccco3)nn12. The Morgan fingerprint density at radius 3 is 2.76 bits per heavy atom. The maximum Gasteiger partial charge on any atom is 0.228 e. The fraction of sp³-hybridized carbons (Fsp3) is 0.348. The van der Waals surface area contributed by atoms with Gasteiger partial charge in [-0.1, -0.05) is 6.07 Å². The number of nitrogen functional groups attached to an aromatic ring is 1. The largest absolute Gasteiger partial charge is 0.491 e. The van der Waals surface area contributed by atoms with E-state index in [2.05, 4.69) is 36.2 Å². The maximum absolute atomic E-state index is 8.95. The smallest absolute Gasteiger partial charge is 0.228 e. The molecule has 4 N–H and O–H groups in total. The van der Waals surface area contributed by atoms with Crippen molar-refractivity contribution in [2.24, 2.45) is 0 Å². The van der Waals surface area contributed by atoms with E-state index in [4.69, 9.17) is 20.0 Å². The number of hydrogen-bond donors (Lipinski definition) is 3. The molecule has 0 spiro atoms. The van der Waals surface area contributed by atoms with Crippen molar-refractivity contribution in [3.8, 4) is 17.2 Å². The molecule has 4 aromatic rings. The zero-order valence-electron chi connectivity index (χ0n) is 18.8. The average molecular weight is 465 g/mol. The molecule has 1 aliphatic rings. The quantitative estimate of drug-likeness (QED) is 0.335. The van der Waals surface area contributed by atoms with Gasteiger partial charge in [0.2, 0.25) is 11.9 Å². The molecule has 34 heavy (non-hydrogen) atoms. The summed E-state index contributed by atoms with van der Waals surface area (Å²) in [6.45, 7) is 5.68. The molecule has 1 saturated heterocycles. The Hall–Kier alpha value is -3.83. The van der Waals surface area contributed by atoms with Crippen LogP contribution in [-0.4, -0.2) is 82.1 Å². The molecule has 0 bridgehead atoms. The number of benzene rings is 1. The van der Waals surface area contributed by atoms with Crippen molar-refractivity contribution in [3.63, 3.8) is 0 Å². The molecule has 5 rings (SSSR count). The molecule has 1 aliphatic heterocycles. The third-order valence-electron chi connectivity index (χ3n) is 5.75. The van der Waals surface area contributed by atoms with Crippen LogP contribution in [0.3, 0.4) is 0 Å². The third-order valence-corrected chi connectivity index (χ3v) is 5.75. The zero-order valence-corrected chi connectivity index (χ0v) is 18.8. The topological polar surface area (TPSA) is 130 Å². The number of nitrogens with two attached hydrogens (primary N) is 1. The fourth-order valence-electron chi connectivity index (χ4n) is 4.02. The number of hydrogen-bond acceptors (Lipinski definition) is 10. The summed E-state index contributed by atoms with van der Waals surface area (Å²) in [5, 5.41) is 16.6. The predicted molar refractivity (Wildman–Crippen MR) is 129 cm³/mol. The number of aliphatic hydroxyl groups excluding tert-OH is 1. The fourth-order valence-corrected chi connectivity index (χ4v) is 4.02. The molecule has 0 radical (unpaired) electrons. The Bertz CT molecular complexity index is 1220. The molecule has 0 amide bonds. The molecule has 1 fully saturated rings. The standard InChI is InChI=1S/C23H28N8O3/c24-22-27-23(26-21-16-19(28-31(21)22)20-5-2-13-34-20)25-6-7-29-8-10-30(11-9-29)17-3-1-4-18(15-17)33-14-12-32/h1-5,13,15-16,32H,6-12,14H2,(H3,24,25,26,27). The first-order chi connectivity index (χ1) is 16.7. The highest BCUT2D eigenvalue weighted by Gasteiger charge is 2.18. The summed E-state index contributed by atoms with van der Waals surface area (Å²) in [5.74, 6) is 2.19. The molecule has 3 aromatic heterocycles. The summed E-state index contributed by atoms with van der Waals surface area (Å²) in [7, 11) is 0. The Kier molecular flexibility index (Phi) is 6.45. The Morgan fingerprint density at radius 2 is 1.97 bits per heavy atom. The van der Waals surface area contributed by atoms with Gasteiger partial charge in [0.1, 0.15) is 18.1 Å². The van der Waals surface area contributed by atoms with E-state index in [9.17, 15) is 0 Å². The van der Waals surface area contributed by atoms with E-state index >= 15 is 0 Å². The van der Waals surface area contributed by atoms with Crippen LogP contribution in [0.4, 0.5) is 17.6 Å². The molecule has 0 saturated carbocycles. The molecule has 0 atom stereocenters. The van der Waals surface area contributed by atoms with Crippen LogP contribution in [0.25, 0.3) is 17.1 Å². The van der Waals surface area contributed by atoms with Gasteiger partial charge in [0.25, 0.3) is 0 Å². The first-order valence-corrected chi connectivity index (χ1v) is 11.3. The highest BCUT2D eigenvalue weighted by atomic mass is 16.5. The second kappa shape index (κ2) is 9.98. The van der Waals surface area contributed by atoms with Crippen LogP contribution < -0.4 is 20.7 Å². The minimum Gasteiger partial charge on any atom is -0.491 e. The van der Waals surface area contributed by atoms with Gasteiger partial charge in [0.05, 0.1) is 12.9 Å². The van der Waals surface area contributed by atoms with Crippen LogP contribution in [0, 0.1) is 0 Å². The van der Waals surface area contributed by atoms with Crippen molar-refractivity contribution in [2.45, 2.75) is 0 Å².